The van der Waals surface area contributed by atoms with Crippen LogP contribution in [0.3, 0.4) is 0 Å². The van der Waals surface area contributed by atoms with Gasteiger partial charge in [0.2, 0.25) is 0 Å². The van der Waals surface area contributed by atoms with Gasteiger partial charge < -0.3 is 4.90 Å². The van der Waals surface area contributed by atoms with Crippen molar-refractivity contribution in [1.82, 2.24) is 0 Å². The molecule has 0 fully saturated rings. The van der Waals surface area contributed by atoms with Crippen molar-refractivity contribution in [2.45, 2.75) is 37.5 Å². The van der Waals surface area contributed by atoms with E-state index in [0.717, 1.165) is 37.9 Å². The van der Waals surface area contributed by atoms with Crippen molar-refractivity contribution in [3.63, 3.8) is 0 Å². The lowest BCUT2D eigenvalue weighted by molar-refractivity contribution is 0.0982. The van der Waals surface area contributed by atoms with Gasteiger partial charge in [-0.05, 0) is 59.2 Å². The Morgan fingerprint density at radius 1 is 0.686 bits per heavy atom. The molecule has 4 aromatic rings. The van der Waals surface area contributed by atoms with Gasteiger partial charge in [0.05, 0.1) is 0 Å². The summed E-state index contributed by atoms with van der Waals surface area (Å²) < 4.78 is 0. The van der Waals surface area contributed by atoms with Gasteiger partial charge in [0, 0.05) is 42.6 Å². The monoisotopic (exact) mass is 457 g/mol. The van der Waals surface area contributed by atoms with Gasteiger partial charge in [-0.2, -0.15) is 0 Å². The first kappa shape index (κ1) is 21.9. The van der Waals surface area contributed by atoms with E-state index in [2.05, 4.69) is 89.8 Å². The molecule has 6 rings (SSSR count). The third kappa shape index (κ3) is 4.30. The van der Waals surface area contributed by atoms with Crippen LogP contribution in [0.4, 0.5) is 5.69 Å². The van der Waals surface area contributed by atoms with Gasteiger partial charge in [0.15, 0.2) is 5.78 Å². The van der Waals surface area contributed by atoms with Crippen molar-refractivity contribution < 1.29 is 4.79 Å². The molecule has 0 aromatic heterocycles. The zero-order chi connectivity index (χ0) is 23.6. The Balaban J connectivity index is 1.44. The molecule has 0 bridgehead atoms. The molecule has 4 aromatic carbocycles. The number of hydrogen-bond donors (Lipinski definition) is 0. The normalized spacial score (nSPS) is 18.7. The summed E-state index contributed by atoms with van der Waals surface area (Å²) in [4.78, 5) is 16.1. The minimum absolute atomic E-state index is 0.245. The topological polar surface area (TPSA) is 20.3 Å². The molecular formula is C33H31NO. The maximum Gasteiger partial charge on any atom is 0.163 e. The highest BCUT2D eigenvalue weighted by Crippen LogP contribution is 2.48. The summed E-state index contributed by atoms with van der Waals surface area (Å²) in [6, 6.07) is 36.5. The van der Waals surface area contributed by atoms with Crippen molar-refractivity contribution in [3.8, 4) is 0 Å². The number of nitrogens with zero attached hydrogens (tertiary/aromatic N) is 1. The Morgan fingerprint density at radius 3 is 1.69 bits per heavy atom. The Bertz CT molecular complexity index is 1240. The first-order valence-corrected chi connectivity index (χ1v) is 12.9. The second-order valence-corrected chi connectivity index (χ2v) is 9.90. The smallest absolute Gasteiger partial charge is 0.163 e. The van der Waals surface area contributed by atoms with Crippen molar-refractivity contribution in [1.29, 1.82) is 0 Å². The van der Waals surface area contributed by atoms with Crippen LogP contribution >= 0.6 is 0 Å². The molecule has 0 amide bonds. The zero-order valence-corrected chi connectivity index (χ0v) is 20.1. The summed E-state index contributed by atoms with van der Waals surface area (Å²) in [5.41, 5.74) is 8.85. The van der Waals surface area contributed by atoms with Crippen LogP contribution < -0.4 is 4.90 Å². The Kier molecular flexibility index (Phi) is 5.96. The Hall–Kier alpha value is -3.65. The van der Waals surface area contributed by atoms with Crippen molar-refractivity contribution in [2.75, 3.05) is 18.0 Å². The highest BCUT2D eigenvalue weighted by atomic mass is 16.1. The largest absolute Gasteiger partial charge is 0.371 e. The van der Waals surface area contributed by atoms with E-state index in [-0.39, 0.29) is 5.78 Å². The summed E-state index contributed by atoms with van der Waals surface area (Å²) in [5.74, 6) is 0.907. The maximum atomic E-state index is 13.5. The average Bonchev–Trinajstić information content (AvgIpc) is 2.93. The van der Waals surface area contributed by atoms with Crippen LogP contribution in [0.2, 0.25) is 0 Å². The van der Waals surface area contributed by atoms with Crippen LogP contribution in [0.25, 0.3) is 0 Å². The second kappa shape index (κ2) is 9.54. The minimum atomic E-state index is 0.245. The summed E-state index contributed by atoms with van der Waals surface area (Å²) in [6.45, 7) is 2.14. The predicted molar refractivity (Wildman–Crippen MR) is 144 cm³/mol. The fourth-order valence-corrected chi connectivity index (χ4v) is 6.06. The fraction of sp³-hybridized carbons (Fsp3) is 0.242. The predicted octanol–water partition coefficient (Wildman–Crippen LogP) is 7.38. The average molecular weight is 458 g/mol. The number of carbonyl (C=O) groups is 1. The number of Topliss-reactive ketones (excluding diaryl/α,β-unsaturated/α-hetero) is 1. The number of hydrogen-bond acceptors (Lipinski definition) is 2. The Labute approximate surface area is 208 Å². The number of ketones is 1. The molecule has 0 saturated carbocycles. The molecule has 0 aliphatic carbocycles. The molecule has 0 N–H and O–H groups in total. The molecule has 2 unspecified atom stereocenters. The number of anilines is 1. The van der Waals surface area contributed by atoms with Crippen LogP contribution in [0.15, 0.2) is 103 Å². The molecule has 2 aliphatic rings. The number of carbonyl (C=O) groups excluding carboxylic acids is 1. The summed E-state index contributed by atoms with van der Waals surface area (Å²) in [7, 11) is 0. The molecule has 2 aliphatic heterocycles. The highest BCUT2D eigenvalue weighted by molar-refractivity contribution is 5.97. The molecule has 0 radical (unpaired) electrons. The SMILES string of the molecule is O=C(CCc1ccccc1)c1cc2c3c(c1)C(c1ccccc1)CCN3CCC2c1ccccc1. The second-order valence-electron chi connectivity index (χ2n) is 9.90. The fourth-order valence-electron chi connectivity index (χ4n) is 6.06. The molecule has 2 atom stereocenters. The third-order valence-corrected chi connectivity index (χ3v) is 7.82. The van der Waals surface area contributed by atoms with Gasteiger partial charge in [0.25, 0.3) is 0 Å². The van der Waals surface area contributed by atoms with Crippen LogP contribution in [-0.2, 0) is 6.42 Å². The lowest BCUT2D eigenvalue weighted by Crippen LogP contribution is -2.37. The number of rotatable bonds is 6. The minimum Gasteiger partial charge on any atom is -0.371 e. The standard InChI is InChI=1S/C33H31NO/c35-32(17-16-24-10-4-1-5-11-24)27-22-30-28(25-12-6-2-7-13-25)18-20-34-21-19-29(31(23-27)33(30)34)26-14-8-3-9-15-26/h1-15,22-23,28-29H,16-21H2. The van der Waals surface area contributed by atoms with Crippen molar-refractivity contribution >= 4 is 11.5 Å². The molecule has 2 heteroatoms. The van der Waals surface area contributed by atoms with E-state index in [1.54, 1.807) is 0 Å². The first-order chi connectivity index (χ1) is 17.3. The lowest BCUT2D eigenvalue weighted by Gasteiger charge is -2.43. The van der Waals surface area contributed by atoms with E-state index in [0.29, 0.717) is 18.3 Å². The van der Waals surface area contributed by atoms with Crippen LogP contribution in [-0.4, -0.2) is 18.9 Å². The third-order valence-electron chi connectivity index (χ3n) is 7.82. The van der Waals surface area contributed by atoms with E-state index < -0.39 is 0 Å². The molecule has 0 saturated heterocycles. The molecular weight excluding hydrogens is 426 g/mol. The van der Waals surface area contributed by atoms with Gasteiger partial charge in [-0.25, -0.2) is 0 Å². The van der Waals surface area contributed by atoms with Gasteiger partial charge in [-0.1, -0.05) is 91.0 Å². The maximum absolute atomic E-state index is 13.5. The molecule has 174 valence electrons. The van der Waals surface area contributed by atoms with E-state index in [9.17, 15) is 4.79 Å². The number of benzene rings is 4. The lowest BCUT2D eigenvalue weighted by atomic mass is 9.75. The summed E-state index contributed by atoms with van der Waals surface area (Å²) in [6.07, 6.45) is 3.50. The van der Waals surface area contributed by atoms with Gasteiger partial charge in [0.1, 0.15) is 0 Å². The quantitative estimate of drug-likeness (QED) is 0.282. The van der Waals surface area contributed by atoms with Crippen LogP contribution in [0.5, 0.6) is 0 Å². The van der Waals surface area contributed by atoms with E-state index in [4.69, 9.17) is 0 Å². The molecule has 2 heterocycles. The first-order valence-electron chi connectivity index (χ1n) is 12.9. The summed E-state index contributed by atoms with van der Waals surface area (Å²) in [5, 5.41) is 0. The Morgan fingerprint density at radius 2 is 1.17 bits per heavy atom. The van der Waals surface area contributed by atoms with Gasteiger partial charge in [-0.3, -0.25) is 4.79 Å². The van der Waals surface area contributed by atoms with Crippen molar-refractivity contribution in [2.24, 2.45) is 0 Å². The molecule has 2 nitrogen and oxygen atoms in total. The zero-order valence-electron chi connectivity index (χ0n) is 20.1. The summed E-state index contributed by atoms with van der Waals surface area (Å²) >= 11 is 0. The number of aryl methyl sites for hydroxylation is 1. The van der Waals surface area contributed by atoms with E-state index in [1.165, 1.54) is 33.5 Å². The molecule has 0 spiro atoms. The van der Waals surface area contributed by atoms with E-state index in [1.807, 2.05) is 18.2 Å². The highest BCUT2D eigenvalue weighted by Gasteiger charge is 2.35. The van der Waals surface area contributed by atoms with Gasteiger partial charge >= 0.3 is 0 Å². The van der Waals surface area contributed by atoms with E-state index >= 15 is 0 Å². The van der Waals surface area contributed by atoms with Gasteiger partial charge in [-0.15, -0.1) is 0 Å². The van der Waals surface area contributed by atoms with Crippen molar-refractivity contribution in [3.05, 3.63) is 137 Å². The van der Waals surface area contributed by atoms with Crippen LogP contribution in [0.1, 0.15) is 69.3 Å². The van der Waals surface area contributed by atoms with Crippen LogP contribution in [0, 0.1) is 0 Å². The molecule has 35 heavy (non-hydrogen) atoms.